The van der Waals surface area contributed by atoms with Gasteiger partial charge in [-0.3, -0.25) is 4.79 Å². The average Bonchev–Trinajstić information content (AvgIpc) is 2.40. The predicted molar refractivity (Wildman–Crippen MR) is 82.2 cm³/mol. The molecule has 0 heterocycles. The molecule has 0 saturated heterocycles. The number of para-hydroxylation sites is 1. The van der Waals surface area contributed by atoms with Crippen molar-refractivity contribution in [2.24, 2.45) is 5.14 Å². The molecule has 2 aromatic rings. The van der Waals surface area contributed by atoms with Crippen molar-refractivity contribution in [1.82, 2.24) is 0 Å². The Morgan fingerprint density at radius 2 is 1.71 bits per heavy atom. The van der Waals surface area contributed by atoms with Crippen molar-refractivity contribution in [2.45, 2.75) is 4.90 Å². The van der Waals surface area contributed by atoms with E-state index in [9.17, 15) is 13.2 Å². The largest absolute Gasteiger partial charge is 0.321 e. The molecule has 1 amide bonds. The van der Waals surface area contributed by atoms with Crippen LogP contribution in [0.4, 0.5) is 5.69 Å². The van der Waals surface area contributed by atoms with Gasteiger partial charge in [0.05, 0.1) is 15.7 Å². The fourth-order valence-corrected chi connectivity index (χ4v) is 2.87. The first-order valence-corrected chi connectivity index (χ1v) is 7.97. The number of carbonyl (C=O) groups is 1. The molecule has 8 heteroatoms. The zero-order valence-corrected chi connectivity index (χ0v) is 12.8. The minimum atomic E-state index is -4.01. The maximum atomic E-state index is 12.1. The van der Waals surface area contributed by atoms with Gasteiger partial charge in [0, 0.05) is 5.56 Å². The van der Waals surface area contributed by atoms with Gasteiger partial charge in [-0.1, -0.05) is 35.3 Å². The predicted octanol–water partition coefficient (Wildman–Crippen LogP) is 2.89. The first-order valence-electron chi connectivity index (χ1n) is 5.67. The summed E-state index contributed by atoms with van der Waals surface area (Å²) in [5, 5.41) is 7.93. The Bertz CT molecular complexity index is 807. The molecule has 21 heavy (non-hydrogen) atoms. The average molecular weight is 345 g/mol. The number of rotatable bonds is 3. The van der Waals surface area contributed by atoms with Gasteiger partial charge in [-0.25, -0.2) is 13.6 Å². The lowest BCUT2D eigenvalue weighted by Crippen LogP contribution is -2.16. The molecular formula is C13H10Cl2N2O3S. The van der Waals surface area contributed by atoms with E-state index in [-0.39, 0.29) is 15.5 Å². The number of hydrogen-bond acceptors (Lipinski definition) is 3. The Kier molecular flexibility index (Phi) is 4.53. The maximum absolute atomic E-state index is 12.1. The third kappa shape index (κ3) is 3.74. The van der Waals surface area contributed by atoms with Gasteiger partial charge in [0.2, 0.25) is 10.0 Å². The Morgan fingerprint density at radius 3 is 2.33 bits per heavy atom. The van der Waals surface area contributed by atoms with E-state index >= 15 is 0 Å². The number of primary sulfonamides is 1. The summed E-state index contributed by atoms with van der Waals surface area (Å²) in [6.07, 6.45) is 0. The fraction of sp³-hybridized carbons (Fsp3) is 0. The van der Waals surface area contributed by atoms with E-state index in [1.165, 1.54) is 12.1 Å². The van der Waals surface area contributed by atoms with Crippen LogP contribution < -0.4 is 10.5 Å². The number of benzene rings is 2. The summed E-state index contributed by atoms with van der Waals surface area (Å²) in [5.41, 5.74) is 0.514. The summed E-state index contributed by atoms with van der Waals surface area (Å²) in [7, 11) is -4.01. The first kappa shape index (κ1) is 15.8. The summed E-state index contributed by atoms with van der Waals surface area (Å²) < 4.78 is 22.8. The second kappa shape index (κ2) is 6.03. The van der Waals surface area contributed by atoms with Crippen LogP contribution in [0.2, 0.25) is 10.0 Å². The highest BCUT2D eigenvalue weighted by atomic mass is 35.5. The van der Waals surface area contributed by atoms with Crippen molar-refractivity contribution >= 4 is 44.8 Å². The smallest absolute Gasteiger partial charge is 0.255 e. The summed E-state index contributed by atoms with van der Waals surface area (Å²) in [4.78, 5) is 11.8. The summed E-state index contributed by atoms with van der Waals surface area (Å²) in [6.45, 7) is 0. The molecule has 0 fully saturated rings. The van der Waals surface area contributed by atoms with Crippen LogP contribution in [-0.2, 0) is 10.0 Å². The lowest BCUT2D eigenvalue weighted by atomic mass is 10.2. The Labute approximate surface area is 131 Å². The molecule has 0 atom stereocenters. The molecule has 0 aliphatic rings. The van der Waals surface area contributed by atoms with Gasteiger partial charge in [-0.2, -0.15) is 0 Å². The van der Waals surface area contributed by atoms with Crippen molar-refractivity contribution < 1.29 is 13.2 Å². The van der Waals surface area contributed by atoms with Crippen LogP contribution in [0.1, 0.15) is 10.4 Å². The van der Waals surface area contributed by atoms with Gasteiger partial charge in [0.15, 0.2) is 0 Å². The van der Waals surface area contributed by atoms with Crippen molar-refractivity contribution in [2.75, 3.05) is 5.32 Å². The van der Waals surface area contributed by atoms with Crippen LogP contribution >= 0.6 is 23.2 Å². The van der Waals surface area contributed by atoms with Gasteiger partial charge in [-0.15, -0.1) is 0 Å². The number of sulfonamides is 1. The molecule has 110 valence electrons. The van der Waals surface area contributed by atoms with Crippen LogP contribution in [0.5, 0.6) is 0 Å². The number of amides is 1. The number of nitrogens with one attached hydrogen (secondary N) is 1. The normalized spacial score (nSPS) is 11.2. The van der Waals surface area contributed by atoms with Gasteiger partial charge < -0.3 is 5.32 Å². The Balaban J connectivity index is 2.35. The summed E-state index contributed by atoms with van der Waals surface area (Å²) >= 11 is 11.7. The quantitative estimate of drug-likeness (QED) is 0.896. The van der Waals surface area contributed by atoms with Gasteiger partial charge in [-0.05, 0) is 30.3 Å². The molecule has 2 aromatic carbocycles. The van der Waals surface area contributed by atoms with Gasteiger partial charge in [0.1, 0.15) is 4.90 Å². The molecule has 2 rings (SSSR count). The standard InChI is InChI=1S/C13H10Cl2N2O3S/c14-9-3-1-2-4-11(9)17-13(18)8-5-6-10(15)12(7-8)21(16,19)20/h1-7H,(H,17,18)(H2,16,19,20). The third-order valence-corrected chi connectivity index (χ3v) is 4.34. The molecule has 0 aliphatic carbocycles. The zero-order valence-electron chi connectivity index (χ0n) is 10.5. The molecule has 0 aromatic heterocycles. The molecule has 0 saturated carbocycles. The lowest BCUT2D eigenvalue weighted by molar-refractivity contribution is 0.102. The van der Waals surface area contributed by atoms with Gasteiger partial charge >= 0.3 is 0 Å². The fourth-order valence-electron chi connectivity index (χ4n) is 1.62. The van der Waals surface area contributed by atoms with E-state index in [1.54, 1.807) is 24.3 Å². The second-order valence-electron chi connectivity index (χ2n) is 4.12. The third-order valence-electron chi connectivity index (χ3n) is 2.62. The first-order chi connectivity index (χ1) is 9.79. The van der Waals surface area contributed by atoms with Gasteiger partial charge in [0.25, 0.3) is 5.91 Å². The summed E-state index contributed by atoms with van der Waals surface area (Å²) in [5.74, 6) is -0.523. The highest BCUT2D eigenvalue weighted by Crippen LogP contribution is 2.24. The molecule has 0 unspecified atom stereocenters. The minimum absolute atomic E-state index is 0.0493. The van der Waals surface area contributed by atoms with E-state index in [2.05, 4.69) is 5.32 Å². The molecule has 3 N–H and O–H groups in total. The van der Waals surface area contributed by atoms with E-state index in [1.807, 2.05) is 0 Å². The Morgan fingerprint density at radius 1 is 1.05 bits per heavy atom. The molecular weight excluding hydrogens is 335 g/mol. The van der Waals surface area contributed by atoms with Crippen molar-refractivity contribution in [1.29, 1.82) is 0 Å². The molecule has 0 bridgehead atoms. The summed E-state index contributed by atoms with van der Waals surface area (Å²) in [6, 6.07) is 10.5. The second-order valence-corrected chi connectivity index (χ2v) is 6.47. The SMILES string of the molecule is NS(=O)(=O)c1cc(C(=O)Nc2ccccc2Cl)ccc1Cl. The molecule has 5 nitrogen and oxygen atoms in total. The Hall–Kier alpha value is -1.60. The number of nitrogens with two attached hydrogens (primary N) is 1. The highest BCUT2D eigenvalue weighted by molar-refractivity contribution is 7.89. The lowest BCUT2D eigenvalue weighted by Gasteiger charge is -2.08. The van der Waals surface area contributed by atoms with E-state index in [0.717, 1.165) is 6.07 Å². The molecule has 0 radical (unpaired) electrons. The maximum Gasteiger partial charge on any atom is 0.255 e. The monoisotopic (exact) mass is 344 g/mol. The molecule has 0 spiro atoms. The van der Waals surface area contributed by atoms with Crippen LogP contribution in [0.3, 0.4) is 0 Å². The van der Waals surface area contributed by atoms with Crippen molar-refractivity contribution in [3.63, 3.8) is 0 Å². The van der Waals surface area contributed by atoms with Crippen LogP contribution in [-0.4, -0.2) is 14.3 Å². The van der Waals surface area contributed by atoms with E-state index in [0.29, 0.717) is 10.7 Å². The number of hydrogen-bond donors (Lipinski definition) is 2. The number of carbonyl (C=O) groups excluding carboxylic acids is 1. The van der Waals surface area contributed by atoms with Crippen molar-refractivity contribution in [3.8, 4) is 0 Å². The minimum Gasteiger partial charge on any atom is -0.321 e. The van der Waals surface area contributed by atoms with Crippen LogP contribution in [0.15, 0.2) is 47.4 Å². The zero-order chi connectivity index (χ0) is 15.6. The topological polar surface area (TPSA) is 89.3 Å². The van der Waals surface area contributed by atoms with Crippen LogP contribution in [0.25, 0.3) is 0 Å². The number of halogens is 2. The van der Waals surface area contributed by atoms with E-state index in [4.69, 9.17) is 28.3 Å². The number of anilines is 1. The van der Waals surface area contributed by atoms with Crippen molar-refractivity contribution in [3.05, 3.63) is 58.1 Å². The van der Waals surface area contributed by atoms with Crippen LogP contribution in [0, 0.1) is 0 Å². The van der Waals surface area contributed by atoms with E-state index < -0.39 is 15.9 Å². The highest BCUT2D eigenvalue weighted by Gasteiger charge is 2.16. The molecule has 0 aliphatic heterocycles.